The molecule has 6 heteroatoms. The molecule has 116 valence electrons. The van der Waals surface area contributed by atoms with E-state index in [-0.39, 0.29) is 25.0 Å². The van der Waals surface area contributed by atoms with Crippen LogP contribution in [-0.2, 0) is 4.79 Å². The average Bonchev–Trinajstić information content (AvgIpc) is 2.44. The number of benzene rings is 1. The summed E-state index contributed by atoms with van der Waals surface area (Å²) in [6.07, 6.45) is 0.760. The molecule has 1 rings (SSSR count). The number of halogens is 1. The van der Waals surface area contributed by atoms with Gasteiger partial charge in [-0.15, -0.1) is 0 Å². The quantitative estimate of drug-likeness (QED) is 0.786. The second-order valence-electron chi connectivity index (χ2n) is 4.77. The van der Waals surface area contributed by atoms with Gasteiger partial charge in [-0.3, -0.25) is 4.79 Å². The maximum Gasteiger partial charge on any atom is 0.317 e. The Morgan fingerprint density at radius 2 is 2.05 bits per heavy atom. The van der Waals surface area contributed by atoms with Crippen LogP contribution < -0.4 is 5.32 Å². The van der Waals surface area contributed by atoms with Gasteiger partial charge in [0.1, 0.15) is 0 Å². The van der Waals surface area contributed by atoms with Crippen LogP contribution in [0.2, 0.25) is 0 Å². The maximum absolute atomic E-state index is 12.2. The van der Waals surface area contributed by atoms with E-state index in [1.54, 1.807) is 4.90 Å². The van der Waals surface area contributed by atoms with E-state index in [1.807, 2.05) is 38.1 Å². The molecule has 1 aromatic rings. The highest BCUT2D eigenvalue weighted by atomic mass is 79.9. The van der Waals surface area contributed by atoms with Crippen LogP contribution in [0.4, 0.5) is 4.79 Å². The first-order valence-corrected chi connectivity index (χ1v) is 7.77. The number of amides is 2. The molecule has 21 heavy (non-hydrogen) atoms. The molecule has 0 spiro atoms. The fourth-order valence-corrected chi connectivity index (χ4v) is 2.69. The van der Waals surface area contributed by atoms with Crippen LogP contribution in [0.1, 0.15) is 38.3 Å². The summed E-state index contributed by atoms with van der Waals surface area (Å²) in [5.41, 5.74) is 1.03. The molecule has 2 amide bonds. The van der Waals surface area contributed by atoms with Crippen molar-refractivity contribution in [2.45, 2.75) is 32.7 Å². The second-order valence-corrected chi connectivity index (χ2v) is 5.62. The van der Waals surface area contributed by atoms with E-state index in [0.29, 0.717) is 6.54 Å². The largest absolute Gasteiger partial charge is 0.481 e. The van der Waals surface area contributed by atoms with Crippen LogP contribution in [0, 0.1) is 0 Å². The van der Waals surface area contributed by atoms with Gasteiger partial charge in [0.05, 0.1) is 12.5 Å². The number of hydrogen-bond acceptors (Lipinski definition) is 2. The predicted molar refractivity (Wildman–Crippen MR) is 85.2 cm³/mol. The van der Waals surface area contributed by atoms with E-state index >= 15 is 0 Å². The van der Waals surface area contributed by atoms with Gasteiger partial charge in [0.2, 0.25) is 0 Å². The number of carbonyl (C=O) groups excluding carboxylic acids is 1. The summed E-state index contributed by atoms with van der Waals surface area (Å²) >= 11 is 3.50. The molecule has 0 bridgehead atoms. The fraction of sp³-hybridized carbons (Fsp3) is 0.467. The van der Waals surface area contributed by atoms with Crippen molar-refractivity contribution in [2.75, 3.05) is 13.1 Å². The van der Waals surface area contributed by atoms with Crippen molar-refractivity contribution in [3.05, 3.63) is 34.3 Å². The van der Waals surface area contributed by atoms with Crippen molar-refractivity contribution in [1.29, 1.82) is 0 Å². The van der Waals surface area contributed by atoms with Gasteiger partial charge in [0.15, 0.2) is 0 Å². The SMILES string of the molecule is CCCN(C(=O)NCCC(=O)O)C(C)c1ccccc1Br. The first-order chi connectivity index (χ1) is 9.97. The highest BCUT2D eigenvalue weighted by molar-refractivity contribution is 9.10. The number of carboxylic acid groups (broad SMARTS) is 1. The molecule has 0 heterocycles. The minimum absolute atomic E-state index is 0.0743. The molecule has 0 saturated heterocycles. The van der Waals surface area contributed by atoms with Crippen molar-refractivity contribution in [3.63, 3.8) is 0 Å². The Labute approximate surface area is 133 Å². The number of carbonyl (C=O) groups is 2. The minimum Gasteiger partial charge on any atom is -0.481 e. The molecule has 5 nitrogen and oxygen atoms in total. The van der Waals surface area contributed by atoms with Gasteiger partial charge in [0.25, 0.3) is 0 Å². The van der Waals surface area contributed by atoms with Gasteiger partial charge in [-0.1, -0.05) is 41.1 Å². The molecule has 0 aliphatic carbocycles. The fourth-order valence-electron chi connectivity index (χ4n) is 2.07. The number of rotatable bonds is 7. The average molecular weight is 357 g/mol. The summed E-state index contributed by atoms with van der Waals surface area (Å²) in [6.45, 7) is 4.72. The first kappa shape index (κ1) is 17.5. The van der Waals surface area contributed by atoms with Gasteiger partial charge in [-0.2, -0.15) is 0 Å². The number of carboxylic acids is 1. The van der Waals surface area contributed by atoms with Crippen molar-refractivity contribution < 1.29 is 14.7 Å². The standard InChI is InChI=1S/C15H21BrN2O3/c1-3-10-18(15(21)17-9-8-14(19)20)11(2)12-6-4-5-7-13(12)16/h4-7,11H,3,8-10H2,1-2H3,(H,17,21)(H,19,20). The van der Waals surface area contributed by atoms with Crippen LogP contribution in [0.5, 0.6) is 0 Å². The minimum atomic E-state index is -0.920. The second kappa shape index (κ2) is 8.67. The van der Waals surface area contributed by atoms with Gasteiger partial charge in [-0.25, -0.2) is 4.79 Å². The number of nitrogens with one attached hydrogen (secondary N) is 1. The summed E-state index contributed by atoms with van der Waals surface area (Å²) in [7, 11) is 0. The molecule has 2 N–H and O–H groups in total. The van der Waals surface area contributed by atoms with Crippen LogP contribution >= 0.6 is 15.9 Å². The maximum atomic E-state index is 12.2. The van der Waals surface area contributed by atoms with E-state index < -0.39 is 5.97 Å². The van der Waals surface area contributed by atoms with E-state index in [9.17, 15) is 9.59 Å². The lowest BCUT2D eigenvalue weighted by Crippen LogP contribution is -2.42. The Morgan fingerprint density at radius 3 is 2.62 bits per heavy atom. The molecule has 0 aliphatic heterocycles. The summed E-state index contributed by atoms with van der Waals surface area (Å²) in [5, 5.41) is 11.3. The summed E-state index contributed by atoms with van der Waals surface area (Å²) in [6, 6.07) is 7.45. The van der Waals surface area contributed by atoms with E-state index in [4.69, 9.17) is 5.11 Å². The zero-order chi connectivity index (χ0) is 15.8. The third-order valence-electron chi connectivity index (χ3n) is 3.16. The normalized spacial score (nSPS) is 11.8. The van der Waals surface area contributed by atoms with Gasteiger partial charge in [0, 0.05) is 17.6 Å². The van der Waals surface area contributed by atoms with E-state index in [0.717, 1.165) is 16.5 Å². The van der Waals surface area contributed by atoms with Crippen LogP contribution in [0.3, 0.4) is 0 Å². The summed E-state index contributed by atoms with van der Waals surface area (Å²) in [4.78, 5) is 24.5. The van der Waals surface area contributed by atoms with Crippen LogP contribution in [0.15, 0.2) is 28.7 Å². The van der Waals surface area contributed by atoms with Crippen molar-refractivity contribution in [3.8, 4) is 0 Å². The molecule has 0 saturated carbocycles. The summed E-state index contributed by atoms with van der Waals surface area (Å²) in [5.74, 6) is -0.920. The van der Waals surface area contributed by atoms with Gasteiger partial charge in [-0.05, 0) is 25.0 Å². The van der Waals surface area contributed by atoms with Gasteiger partial charge < -0.3 is 15.3 Å². The highest BCUT2D eigenvalue weighted by Crippen LogP contribution is 2.27. The molecular formula is C15H21BrN2O3. The highest BCUT2D eigenvalue weighted by Gasteiger charge is 2.22. The lowest BCUT2D eigenvalue weighted by Gasteiger charge is -2.30. The van der Waals surface area contributed by atoms with Crippen molar-refractivity contribution in [1.82, 2.24) is 10.2 Å². The van der Waals surface area contributed by atoms with Crippen LogP contribution in [0.25, 0.3) is 0 Å². The first-order valence-electron chi connectivity index (χ1n) is 6.98. The predicted octanol–water partition coefficient (Wildman–Crippen LogP) is 3.41. The molecular weight excluding hydrogens is 336 g/mol. The Hall–Kier alpha value is -1.56. The number of hydrogen-bond donors (Lipinski definition) is 2. The molecule has 1 aromatic carbocycles. The number of aliphatic carboxylic acids is 1. The zero-order valence-electron chi connectivity index (χ0n) is 12.3. The van der Waals surface area contributed by atoms with E-state index in [2.05, 4.69) is 21.2 Å². The topological polar surface area (TPSA) is 69.6 Å². The third-order valence-corrected chi connectivity index (χ3v) is 3.89. The number of nitrogens with zero attached hydrogens (tertiary/aromatic N) is 1. The molecule has 1 unspecified atom stereocenters. The molecule has 1 atom stereocenters. The van der Waals surface area contributed by atoms with Crippen molar-refractivity contribution >= 4 is 27.9 Å². The molecule has 0 aromatic heterocycles. The Morgan fingerprint density at radius 1 is 1.38 bits per heavy atom. The summed E-state index contributed by atoms with van der Waals surface area (Å²) < 4.78 is 0.955. The smallest absolute Gasteiger partial charge is 0.317 e. The van der Waals surface area contributed by atoms with Crippen molar-refractivity contribution in [2.24, 2.45) is 0 Å². The molecule has 0 fully saturated rings. The monoisotopic (exact) mass is 356 g/mol. The van der Waals surface area contributed by atoms with Gasteiger partial charge >= 0.3 is 12.0 Å². The lowest BCUT2D eigenvalue weighted by atomic mass is 10.1. The Kier molecular flexibility index (Phi) is 7.22. The Balaban J connectivity index is 2.78. The third kappa shape index (κ3) is 5.38. The Bertz CT molecular complexity index is 494. The van der Waals surface area contributed by atoms with Crippen LogP contribution in [-0.4, -0.2) is 35.1 Å². The van der Waals surface area contributed by atoms with E-state index in [1.165, 1.54) is 0 Å². The zero-order valence-corrected chi connectivity index (χ0v) is 13.9. The molecule has 0 radical (unpaired) electrons. The molecule has 0 aliphatic rings. The number of urea groups is 1. The lowest BCUT2D eigenvalue weighted by molar-refractivity contribution is -0.136.